The zero-order valence-electron chi connectivity index (χ0n) is 12.9. The summed E-state index contributed by atoms with van der Waals surface area (Å²) in [4.78, 5) is 19.3. The monoisotopic (exact) mass is 312 g/mol. The van der Waals surface area contributed by atoms with Gasteiger partial charge in [0.2, 0.25) is 0 Å². The van der Waals surface area contributed by atoms with Gasteiger partial charge in [-0.2, -0.15) is 0 Å². The number of nitrogen functional groups attached to an aromatic ring is 1. The van der Waals surface area contributed by atoms with Crippen LogP contribution in [0.4, 0.5) is 10.9 Å². The molecule has 2 heterocycles. The van der Waals surface area contributed by atoms with Gasteiger partial charge >= 0.3 is 0 Å². The number of hydrogen-bond acceptors (Lipinski definition) is 6. The fourth-order valence-electron chi connectivity index (χ4n) is 2.14. The topological polar surface area (TPSA) is 80.5 Å². The largest absolute Gasteiger partial charge is 0.382 e. The number of morpholine rings is 1. The Morgan fingerprint density at radius 3 is 2.76 bits per heavy atom. The van der Waals surface area contributed by atoms with Gasteiger partial charge in [-0.3, -0.25) is 4.79 Å². The molecule has 1 aliphatic heterocycles. The molecule has 0 saturated carbocycles. The van der Waals surface area contributed by atoms with Gasteiger partial charge < -0.3 is 20.7 Å². The molecular formula is C14H24N4O2S. The zero-order valence-corrected chi connectivity index (χ0v) is 13.7. The molecule has 3 N–H and O–H groups in total. The number of carbonyl (C=O) groups is 1. The lowest BCUT2D eigenvalue weighted by Crippen LogP contribution is -2.36. The molecular weight excluding hydrogens is 288 g/mol. The molecule has 7 heteroatoms. The third-order valence-electron chi connectivity index (χ3n) is 3.99. The molecule has 1 aliphatic rings. The van der Waals surface area contributed by atoms with Gasteiger partial charge in [-0.1, -0.05) is 31.6 Å². The van der Waals surface area contributed by atoms with Crippen LogP contribution in [-0.4, -0.2) is 43.2 Å². The quantitative estimate of drug-likeness (QED) is 0.865. The van der Waals surface area contributed by atoms with Crippen molar-refractivity contribution in [1.82, 2.24) is 10.3 Å². The first kappa shape index (κ1) is 16.0. The van der Waals surface area contributed by atoms with E-state index in [-0.39, 0.29) is 11.9 Å². The van der Waals surface area contributed by atoms with Gasteiger partial charge in [0, 0.05) is 19.1 Å². The maximum Gasteiger partial charge on any atom is 0.265 e. The average molecular weight is 312 g/mol. The maximum atomic E-state index is 12.3. The SMILES string of the molecule is CCC(C)C(C)NC(=O)c1sc(N2CCOCC2)nc1N. The third-order valence-corrected chi connectivity index (χ3v) is 5.12. The number of nitrogens with two attached hydrogens (primary N) is 1. The van der Waals surface area contributed by atoms with Crippen LogP contribution < -0.4 is 16.0 Å². The second kappa shape index (κ2) is 7.09. The minimum absolute atomic E-state index is 0.121. The Morgan fingerprint density at radius 1 is 1.48 bits per heavy atom. The molecule has 0 spiro atoms. The van der Waals surface area contributed by atoms with Gasteiger partial charge in [-0.05, 0) is 12.8 Å². The Kier molecular flexibility index (Phi) is 5.41. The highest BCUT2D eigenvalue weighted by atomic mass is 32.1. The number of nitrogens with zero attached hydrogens (tertiary/aromatic N) is 2. The average Bonchev–Trinajstić information content (AvgIpc) is 2.89. The minimum Gasteiger partial charge on any atom is -0.382 e. The molecule has 1 saturated heterocycles. The van der Waals surface area contributed by atoms with Gasteiger partial charge in [0.15, 0.2) is 5.13 Å². The van der Waals surface area contributed by atoms with E-state index in [2.05, 4.69) is 29.0 Å². The van der Waals surface area contributed by atoms with Crippen molar-refractivity contribution in [2.75, 3.05) is 36.9 Å². The smallest absolute Gasteiger partial charge is 0.265 e. The predicted molar refractivity (Wildman–Crippen MR) is 85.9 cm³/mol. The lowest BCUT2D eigenvalue weighted by atomic mass is 10.0. The van der Waals surface area contributed by atoms with Crippen molar-refractivity contribution in [2.24, 2.45) is 5.92 Å². The van der Waals surface area contributed by atoms with E-state index in [4.69, 9.17) is 10.5 Å². The lowest BCUT2D eigenvalue weighted by Gasteiger charge is -2.25. The summed E-state index contributed by atoms with van der Waals surface area (Å²) in [7, 11) is 0. The van der Waals surface area contributed by atoms with Crippen LogP contribution in [0, 0.1) is 5.92 Å². The summed E-state index contributed by atoms with van der Waals surface area (Å²) in [6.07, 6.45) is 1.03. The molecule has 0 aromatic carbocycles. The highest BCUT2D eigenvalue weighted by Gasteiger charge is 2.22. The summed E-state index contributed by atoms with van der Waals surface area (Å²) in [5.74, 6) is 0.620. The third kappa shape index (κ3) is 3.85. The molecule has 21 heavy (non-hydrogen) atoms. The highest BCUT2D eigenvalue weighted by molar-refractivity contribution is 7.18. The van der Waals surface area contributed by atoms with Crippen molar-refractivity contribution in [3.63, 3.8) is 0 Å². The van der Waals surface area contributed by atoms with Crippen molar-refractivity contribution >= 4 is 28.2 Å². The van der Waals surface area contributed by atoms with Gasteiger partial charge in [-0.25, -0.2) is 4.98 Å². The second-order valence-corrected chi connectivity index (χ2v) is 6.44. The van der Waals surface area contributed by atoms with Crippen molar-refractivity contribution in [1.29, 1.82) is 0 Å². The van der Waals surface area contributed by atoms with Crippen molar-refractivity contribution in [3.05, 3.63) is 4.88 Å². The van der Waals surface area contributed by atoms with E-state index in [1.807, 2.05) is 6.92 Å². The second-order valence-electron chi connectivity index (χ2n) is 5.46. The molecule has 1 aromatic heterocycles. The first-order chi connectivity index (χ1) is 10.0. The lowest BCUT2D eigenvalue weighted by molar-refractivity contribution is 0.0933. The van der Waals surface area contributed by atoms with Crippen LogP contribution in [0.3, 0.4) is 0 Å². The van der Waals surface area contributed by atoms with E-state index in [9.17, 15) is 4.79 Å². The molecule has 1 amide bonds. The molecule has 0 radical (unpaired) electrons. The molecule has 2 unspecified atom stereocenters. The van der Waals surface area contributed by atoms with Crippen LogP contribution >= 0.6 is 11.3 Å². The molecule has 6 nitrogen and oxygen atoms in total. The van der Waals surface area contributed by atoms with E-state index in [1.54, 1.807) is 0 Å². The fraction of sp³-hybridized carbons (Fsp3) is 0.714. The molecule has 1 fully saturated rings. The molecule has 1 aromatic rings. The summed E-state index contributed by atoms with van der Waals surface area (Å²) < 4.78 is 5.32. The Balaban J connectivity index is 2.05. The van der Waals surface area contributed by atoms with Gasteiger partial charge in [0.25, 0.3) is 5.91 Å². The van der Waals surface area contributed by atoms with Crippen molar-refractivity contribution in [3.8, 4) is 0 Å². The Labute approximate surface area is 129 Å². The van der Waals surface area contributed by atoms with E-state index in [0.29, 0.717) is 29.8 Å². The van der Waals surface area contributed by atoms with Crippen LogP contribution in [0.1, 0.15) is 36.9 Å². The van der Waals surface area contributed by atoms with E-state index >= 15 is 0 Å². The normalized spacial score (nSPS) is 18.3. The molecule has 0 aliphatic carbocycles. The minimum atomic E-state index is -0.127. The van der Waals surface area contributed by atoms with Crippen LogP contribution in [0.5, 0.6) is 0 Å². The van der Waals surface area contributed by atoms with Crippen LogP contribution in [-0.2, 0) is 4.74 Å². The number of ether oxygens (including phenoxy) is 1. The maximum absolute atomic E-state index is 12.3. The summed E-state index contributed by atoms with van der Waals surface area (Å²) in [6.45, 7) is 9.21. The standard InChI is InChI=1S/C14H24N4O2S/c1-4-9(2)10(3)16-13(19)11-12(15)17-14(21-11)18-5-7-20-8-6-18/h9-10H,4-8,15H2,1-3H3,(H,16,19). The Bertz CT molecular complexity index is 485. The number of nitrogens with one attached hydrogen (secondary N) is 1. The number of aromatic nitrogens is 1. The first-order valence-electron chi connectivity index (χ1n) is 7.42. The van der Waals surface area contributed by atoms with Crippen LogP contribution in [0.15, 0.2) is 0 Å². The Hall–Kier alpha value is -1.34. The number of amides is 1. The van der Waals surface area contributed by atoms with Crippen LogP contribution in [0.25, 0.3) is 0 Å². The van der Waals surface area contributed by atoms with E-state index < -0.39 is 0 Å². The molecule has 0 bridgehead atoms. The highest BCUT2D eigenvalue weighted by Crippen LogP contribution is 2.28. The van der Waals surface area contributed by atoms with Crippen molar-refractivity contribution < 1.29 is 9.53 Å². The summed E-state index contributed by atoms with van der Waals surface area (Å²) in [5.41, 5.74) is 5.91. The van der Waals surface area contributed by atoms with Gasteiger partial charge in [0.05, 0.1) is 13.2 Å². The zero-order chi connectivity index (χ0) is 15.4. The van der Waals surface area contributed by atoms with Gasteiger partial charge in [-0.15, -0.1) is 0 Å². The summed E-state index contributed by atoms with van der Waals surface area (Å²) in [5, 5.41) is 3.82. The molecule has 118 valence electrons. The number of carbonyl (C=O) groups excluding carboxylic acids is 1. The first-order valence-corrected chi connectivity index (χ1v) is 8.24. The van der Waals surface area contributed by atoms with Crippen LogP contribution in [0.2, 0.25) is 0 Å². The molecule has 2 atom stereocenters. The van der Waals surface area contributed by atoms with Gasteiger partial charge in [0.1, 0.15) is 10.7 Å². The summed E-state index contributed by atoms with van der Waals surface area (Å²) in [6, 6.07) is 0.121. The Morgan fingerprint density at radius 2 is 2.14 bits per heavy atom. The van der Waals surface area contributed by atoms with Crippen molar-refractivity contribution in [2.45, 2.75) is 33.2 Å². The fourth-order valence-corrected chi connectivity index (χ4v) is 3.08. The number of rotatable bonds is 5. The summed E-state index contributed by atoms with van der Waals surface area (Å²) >= 11 is 1.36. The van der Waals surface area contributed by atoms with E-state index in [1.165, 1.54) is 11.3 Å². The van der Waals surface area contributed by atoms with E-state index in [0.717, 1.165) is 24.6 Å². The number of hydrogen-bond donors (Lipinski definition) is 2. The number of thiazole rings is 1. The number of anilines is 2. The molecule has 2 rings (SSSR count). The predicted octanol–water partition coefficient (Wildman–Crippen LogP) is 1.73.